The quantitative estimate of drug-likeness (QED) is 0.492. The Hall–Kier alpha value is -2.26. The summed E-state index contributed by atoms with van der Waals surface area (Å²) in [6.45, 7) is 2.20. The summed E-state index contributed by atoms with van der Waals surface area (Å²) in [5.41, 5.74) is 3.03. The normalized spacial score (nSPS) is 15.0. The van der Waals surface area contributed by atoms with Crippen molar-refractivity contribution < 1.29 is 9.15 Å². The van der Waals surface area contributed by atoms with Crippen LogP contribution in [0.15, 0.2) is 46.9 Å². The molecule has 0 spiro atoms. The second kappa shape index (κ2) is 8.18. The van der Waals surface area contributed by atoms with Crippen LogP contribution in [0.5, 0.6) is 5.75 Å². The van der Waals surface area contributed by atoms with Gasteiger partial charge < -0.3 is 9.15 Å². The van der Waals surface area contributed by atoms with Crippen molar-refractivity contribution in [2.24, 2.45) is 0 Å². The second-order valence-electron chi connectivity index (χ2n) is 7.12. The molecule has 4 heteroatoms. The zero-order valence-corrected chi connectivity index (χ0v) is 16.3. The number of halogens is 1. The lowest BCUT2D eigenvalue weighted by atomic mass is 9.84. The van der Waals surface area contributed by atoms with E-state index in [0.29, 0.717) is 23.4 Å². The van der Waals surface area contributed by atoms with E-state index in [1.807, 2.05) is 43.3 Å². The summed E-state index contributed by atoms with van der Waals surface area (Å²) in [7, 11) is 0. The monoisotopic (exact) mass is 380 g/mol. The van der Waals surface area contributed by atoms with Crippen LogP contribution in [-0.2, 0) is 6.61 Å². The first kappa shape index (κ1) is 18.1. The molecule has 4 rings (SSSR count). The fourth-order valence-electron chi connectivity index (χ4n) is 3.73. The van der Waals surface area contributed by atoms with Crippen LogP contribution in [0.3, 0.4) is 0 Å². The van der Waals surface area contributed by atoms with Crippen LogP contribution in [0.25, 0.3) is 11.3 Å². The standard InChI is InChI=1S/C23H23ClNO2/c1-16-25-22(23(27-16)19-7-11-20(24)12-8-19)15-26-21-13-9-18(10-14-21)17-5-3-2-4-6-17/h7-9,11-14,17H,2-6,15H2,1H3. The topological polar surface area (TPSA) is 35.3 Å². The molecule has 27 heavy (non-hydrogen) atoms. The third kappa shape index (κ3) is 4.36. The molecule has 1 fully saturated rings. The molecule has 1 heterocycles. The molecule has 0 atom stereocenters. The van der Waals surface area contributed by atoms with Gasteiger partial charge in [-0.2, -0.15) is 0 Å². The van der Waals surface area contributed by atoms with Crippen molar-refractivity contribution in [1.29, 1.82) is 0 Å². The molecule has 0 N–H and O–H groups in total. The van der Waals surface area contributed by atoms with E-state index >= 15 is 0 Å². The first-order valence-electron chi connectivity index (χ1n) is 9.56. The number of aromatic nitrogens is 1. The molecule has 0 saturated heterocycles. The Morgan fingerprint density at radius 3 is 2.59 bits per heavy atom. The fraction of sp³-hybridized carbons (Fsp3) is 0.348. The minimum Gasteiger partial charge on any atom is -0.487 e. The Morgan fingerprint density at radius 2 is 1.89 bits per heavy atom. The number of nitrogens with zero attached hydrogens (tertiary/aromatic N) is 1. The van der Waals surface area contributed by atoms with Crippen molar-refractivity contribution in [3.8, 4) is 17.1 Å². The number of ether oxygens (including phenoxy) is 1. The highest BCUT2D eigenvalue weighted by molar-refractivity contribution is 6.30. The zero-order valence-electron chi connectivity index (χ0n) is 15.5. The van der Waals surface area contributed by atoms with Gasteiger partial charge >= 0.3 is 0 Å². The summed E-state index contributed by atoms with van der Waals surface area (Å²) >= 11 is 5.98. The number of hydrogen-bond donors (Lipinski definition) is 0. The Labute approximate surface area is 165 Å². The molecule has 2 aromatic carbocycles. The molecule has 1 saturated carbocycles. The molecular weight excluding hydrogens is 358 g/mol. The van der Waals surface area contributed by atoms with E-state index in [2.05, 4.69) is 17.1 Å². The molecule has 0 unspecified atom stereocenters. The number of rotatable bonds is 5. The summed E-state index contributed by atoms with van der Waals surface area (Å²) in [6, 6.07) is 17.1. The third-order valence-electron chi connectivity index (χ3n) is 5.14. The van der Waals surface area contributed by atoms with Gasteiger partial charge in [0.25, 0.3) is 0 Å². The van der Waals surface area contributed by atoms with Gasteiger partial charge in [0.1, 0.15) is 18.1 Å². The van der Waals surface area contributed by atoms with Crippen LogP contribution in [-0.4, -0.2) is 4.98 Å². The van der Waals surface area contributed by atoms with Gasteiger partial charge in [-0.05, 0) is 66.8 Å². The Morgan fingerprint density at radius 1 is 1.11 bits per heavy atom. The van der Waals surface area contributed by atoms with Gasteiger partial charge in [-0.3, -0.25) is 0 Å². The molecule has 0 bridgehead atoms. The van der Waals surface area contributed by atoms with E-state index in [9.17, 15) is 0 Å². The lowest BCUT2D eigenvalue weighted by Crippen LogP contribution is -2.04. The number of benzene rings is 2. The predicted molar refractivity (Wildman–Crippen MR) is 107 cm³/mol. The van der Waals surface area contributed by atoms with Crippen molar-refractivity contribution in [3.63, 3.8) is 0 Å². The highest BCUT2D eigenvalue weighted by Gasteiger charge is 2.16. The Balaban J connectivity index is 1.45. The SMILES string of the molecule is Cc1nc(COc2c[c]c(C3CCCCC3)cc2)c(-c2ccc(Cl)cc2)o1. The summed E-state index contributed by atoms with van der Waals surface area (Å²) in [5, 5.41) is 0.696. The number of hydrogen-bond acceptors (Lipinski definition) is 3. The zero-order chi connectivity index (χ0) is 18.6. The minimum atomic E-state index is 0.353. The number of oxazole rings is 1. The van der Waals surface area contributed by atoms with Crippen LogP contribution >= 0.6 is 11.6 Å². The maximum absolute atomic E-state index is 5.98. The van der Waals surface area contributed by atoms with Gasteiger partial charge in [0.15, 0.2) is 11.7 Å². The molecule has 1 aromatic heterocycles. The van der Waals surface area contributed by atoms with Crippen molar-refractivity contribution >= 4 is 11.6 Å². The predicted octanol–water partition coefficient (Wildman–Crippen LogP) is 6.73. The molecule has 139 valence electrons. The van der Waals surface area contributed by atoms with Crippen LogP contribution < -0.4 is 4.74 Å². The van der Waals surface area contributed by atoms with Gasteiger partial charge in [0, 0.05) is 17.5 Å². The first-order chi connectivity index (χ1) is 13.2. The van der Waals surface area contributed by atoms with Gasteiger partial charge in [-0.25, -0.2) is 4.98 Å². The van der Waals surface area contributed by atoms with Crippen molar-refractivity contribution in [2.45, 2.75) is 51.6 Å². The average molecular weight is 381 g/mol. The summed E-state index contributed by atoms with van der Waals surface area (Å²) < 4.78 is 11.7. The average Bonchev–Trinajstić information content (AvgIpc) is 3.08. The Kier molecular flexibility index (Phi) is 5.49. The van der Waals surface area contributed by atoms with E-state index < -0.39 is 0 Å². The molecule has 1 aliphatic rings. The maximum Gasteiger partial charge on any atom is 0.192 e. The summed E-state index contributed by atoms with van der Waals surface area (Å²) in [5.74, 6) is 2.81. The maximum atomic E-state index is 5.98. The van der Waals surface area contributed by atoms with Gasteiger partial charge in [0.2, 0.25) is 0 Å². The summed E-state index contributed by atoms with van der Waals surface area (Å²) in [4.78, 5) is 4.48. The van der Waals surface area contributed by atoms with E-state index in [4.69, 9.17) is 20.8 Å². The smallest absolute Gasteiger partial charge is 0.192 e. The van der Waals surface area contributed by atoms with Gasteiger partial charge in [-0.1, -0.05) is 36.9 Å². The molecular formula is C23H23ClNO2. The third-order valence-corrected chi connectivity index (χ3v) is 5.39. The first-order valence-corrected chi connectivity index (χ1v) is 9.93. The van der Waals surface area contributed by atoms with Crippen LogP contribution in [0, 0.1) is 13.0 Å². The molecule has 3 aromatic rings. The minimum absolute atomic E-state index is 0.353. The fourth-order valence-corrected chi connectivity index (χ4v) is 3.85. The van der Waals surface area contributed by atoms with Crippen LogP contribution in [0.2, 0.25) is 5.02 Å². The molecule has 1 aliphatic carbocycles. The van der Waals surface area contributed by atoms with E-state index in [0.717, 1.165) is 22.8 Å². The summed E-state index contributed by atoms with van der Waals surface area (Å²) in [6.07, 6.45) is 6.58. The second-order valence-corrected chi connectivity index (χ2v) is 7.56. The van der Waals surface area contributed by atoms with Crippen molar-refractivity contribution in [3.05, 3.63) is 70.7 Å². The van der Waals surface area contributed by atoms with Gasteiger partial charge in [-0.15, -0.1) is 0 Å². The highest BCUT2D eigenvalue weighted by atomic mass is 35.5. The molecule has 3 nitrogen and oxygen atoms in total. The highest BCUT2D eigenvalue weighted by Crippen LogP contribution is 2.33. The van der Waals surface area contributed by atoms with Crippen LogP contribution in [0.4, 0.5) is 0 Å². The lowest BCUT2D eigenvalue weighted by molar-refractivity contribution is 0.301. The van der Waals surface area contributed by atoms with E-state index in [1.165, 1.54) is 37.7 Å². The van der Waals surface area contributed by atoms with E-state index in [1.54, 1.807) is 0 Å². The van der Waals surface area contributed by atoms with Crippen molar-refractivity contribution in [1.82, 2.24) is 4.98 Å². The molecule has 1 radical (unpaired) electrons. The number of aryl methyl sites for hydroxylation is 1. The van der Waals surface area contributed by atoms with Gasteiger partial charge in [0.05, 0.1) is 0 Å². The molecule has 0 amide bonds. The van der Waals surface area contributed by atoms with Crippen molar-refractivity contribution in [2.75, 3.05) is 0 Å². The largest absolute Gasteiger partial charge is 0.487 e. The van der Waals surface area contributed by atoms with E-state index in [-0.39, 0.29) is 0 Å². The Bertz CT molecular complexity index is 878. The lowest BCUT2D eigenvalue weighted by Gasteiger charge is -2.21. The molecule has 0 aliphatic heterocycles. The van der Waals surface area contributed by atoms with Crippen LogP contribution in [0.1, 0.15) is 55.2 Å².